The second-order valence-electron chi connectivity index (χ2n) is 9.17. The molecule has 0 aliphatic rings. The number of hydrogen-bond acceptors (Lipinski definition) is 5. The lowest BCUT2D eigenvalue weighted by atomic mass is 10.0. The molecular formula is C30H31NO4. The monoisotopic (exact) mass is 469 g/mol. The highest BCUT2D eigenvalue weighted by Gasteiger charge is 2.24. The van der Waals surface area contributed by atoms with Crippen LogP contribution in [-0.4, -0.2) is 15.3 Å². The van der Waals surface area contributed by atoms with Gasteiger partial charge in [-0.1, -0.05) is 18.2 Å². The van der Waals surface area contributed by atoms with Gasteiger partial charge >= 0.3 is 0 Å². The average molecular weight is 470 g/mol. The van der Waals surface area contributed by atoms with Gasteiger partial charge in [0.25, 0.3) is 0 Å². The van der Waals surface area contributed by atoms with Crippen LogP contribution >= 0.6 is 0 Å². The van der Waals surface area contributed by atoms with Crippen LogP contribution in [0.25, 0.3) is 0 Å². The van der Waals surface area contributed by atoms with Crippen LogP contribution in [0.2, 0.25) is 0 Å². The van der Waals surface area contributed by atoms with Gasteiger partial charge < -0.3 is 25.0 Å². The summed E-state index contributed by atoms with van der Waals surface area (Å²) in [7, 11) is 0. The van der Waals surface area contributed by atoms with Gasteiger partial charge in [0.15, 0.2) is 0 Å². The summed E-state index contributed by atoms with van der Waals surface area (Å²) in [6.45, 7) is 11.5. The van der Waals surface area contributed by atoms with Crippen molar-refractivity contribution in [2.24, 2.45) is 0 Å². The second-order valence-corrected chi connectivity index (χ2v) is 9.17. The number of anilines is 3. The first-order chi connectivity index (χ1) is 16.6. The standard InChI is InChI=1S/C30H31NO4/c1-17-12-19(3)29(26(33)14-17)31(30-20(4)13-18(2)15-27(30)34)23-8-7-9-24(16-23)35-28-11-10-25(32)21(5)22(28)6/h7-16,32-34H,1-6H3. The molecule has 180 valence electrons. The Morgan fingerprint density at radius 2 is 1.17 bits per heavy atom. The third kappa shape index (κ3) is 4.62. The fourth-order valence-electron chi connectivity index (χ4n) is 4.53. The molecule has 4 rings (SSSR count). The van der Waals surface area contributed by atoms with Gasteiger partial charge in [0, 0.05) is 6.07 Å². The molecule has 0 atom stereocenters. The van der Waals surface area contributed by atoms with Crippen molar-refractivity contribution in [1.82, 2.24) is 0 Å². The number of aromatic hydroxyl groups is 3. The molecule has 0 heterocycles. The Kier molecular flexibility index (Phi) is 6.35. The van der Waals surface area contributed by atoms with E-state index in [0.717, 1.165) is 39.1 Å². The quantitative estimate of drug-likeness (QED) is 0.277. The largest absolute Gasteiger partial charge is 0.508 e. The van der Waals surface area contributed by atoms with Gasteiger partial charge in [0.1, 0.15) is 28.7 Å². The minimum absolute atomic E-state index is 0.123. The molecule has 0 saturated heterocycles. The highest BCUT2D eigenvalue weighted by atomic mass is 16.5. The van der Waals surface area contributed by atoms with Gasteiger partial charge in [-0.2, -0.15) is 0 Å². The molecule has 0 radical (unpaired) electrons. The fraction of sp³-hybridized carbons (Fsp3) is 0.200. The van der Waals surface area contributed by atoms with Crippen LogP contribution in [0.3, 0.4) is 0 Å². The Morgan fingerprint density at radius 1 is 0.600 bits per heavy atom. The summed E-state index contributed by atoms with van der Waals surface area (Å²) < 4.78 is 6.20. The maximum atomic E-state index is 11.0. The zero-order chi connectivity index (χ0) is 25.4. The molecule has 3 N–H and O–H groups in total. The molecule has 4 aromatic rings. The van der Waals surface area contributed by atoms with Crippen molar-refractivity contribution in [2.75, 3.05) is 4.90 Å². The van der Waals surface area contributed by atoms with Gasteiger partial charge in [-0.05, 0) is 111 Å². The summed E-state index contributed by atoms with van der Waals surface area (Å²) in [5, 5.41) is 32.0. The van der Waals surface area contributed by atoms with E-state index < -0.39 is 0 Å². The van der Waals surface area contributed by atoms with E-state index in [-0.39, 0.29) is 17.2 Å². The maximum Gasteiger partial charge on any atom is 0.140 e. The van der Waals surface area contributed by atoms with Crippen LogP contribution in [0.4, 0.5) is 17.1 Å². The topological polar surface area (TPSA) is 73.2 Å². The van der Waals surface area contributed by atoms with E-state index in [1.54, 1.807) is 24.3 Å². The molecule has 0 fully saturated rings. The Balaban J connectivity index is 1.90. The van der Waals surface area contributed by atoms with Gasteiger partial charge in [0.2, 0.25) is 0 Å². The summed E-state index contributed by atoms with van der Waals surface area (Å²) in [6.07, 6.45) is 0. The van der Waals surface area contributed by atoms with E-state index in [1.807, 2.05) is 82.8 Å². The predicted octanol–water partition coefficient (Wildman–Crippen LogP) is 7.92. The molecule has 0 aromatic heterocycles. The number of benzene rings is 4. The van der Waals surface area contributed by atoms with E-state index in [2.05, 4.69) is 0 Å². The lowest BCUT2D eigenvalue weighted by Gasteiger charge is -2.30. The van der Waals surface area contributed by atoms with Gasteiger partial charge in [0.05, 0.1) is 17.1 Å². The van der Waals surface area contributed by atoms with Gasteiger partial charge in [-0.15, -0.1) is 0 Å². The first-order valence-corrected chi connectivity index (χ1v) is 11.5. The Labute approximate surface area is 206 Å². The number of ether oxygens (including phenoxy) is 1. The summed E-state index contributed by atoms with van der Waals surface area (Å²) >= 11 is 0. The number of nitrogens with zero attached hydrogens (tertiary/aromatic N) is 1. The minimum atomic E-state index is 0.123. The molecule has 0 bridgehead atoms. The molecule has 0 saturated carbocycles. The van der Waals surface area contributed by atoms with Crippen molar-refractivity contribution in [3.63, 3.8) is 0 Å². The lowest BCUT2D eigenvalue weighted by Crippen LogP contribution is -2.13. The van der Waals surface area contributed by atoms with Crippen LogP contribution in [0.5, 0.6) is 28.7 Å². The normalized spacial score (nSPS) is 10.9. The third-order valence-electron chi connectivity index (χ3n) is 6.31. The van der Waals surface area contributed by atoms with Crippen molar-refractivity contribution in [2.45, 2.75) is 41.5 Å². The van der Waals surface area contributed by atoms with E-state index in [9.17, 15) is 15.3 Å². The predicted molar refractivity (Wildman–Crippen MR) is 141 cm³/mol. The molecule has 0 spiro atoms. The summed E-state index contributed by atoms with van der Waals surface area (Å²) in [5.74, 6) is 1.71. The van der Waals surface area contributed by atoms with E-state index in [4.69, 9.17) is 4.74 Å². The molecule has 0 unspecified atom stereocenters. The zero-order valence-corrected chi connectivity index (χ0v) is 21.0. The summed E-state index contributed by atoms with van der Waals surface area (Å²) in [6, 6.07) is 18.3. The first kappa shape index (κ1) is 24.0. The highest BCUT2D eigenvalue weighted by molar-refractivity contribution is 5.86. The molecular weight excluding hydrogens is 438 g/mol. The zero-order valence-electron chi connectivity index (χ0n) is 21.0. The van der Waals surface area contributed by atoms with Crippen LogP contribution in [0.15, 0.2) is 60.7 Å². The Hall–Kier alpha value is -4.12. The van der Waals surface area contributed by atoms with Gasteiger partial charge in [-0.3, -0.25) is 0 Å². The third-order valence-corrected chi connectivity index (χ3v) is 6.31. The smallest absolute Gasteiger partial charge is 0.140 e. The summed E-state index contributed by atoms with van der Waals surface area (Å²) in [5.41, 5.74) is 7.16. The number of phenolic OH excluding ortho intramolecular Hbond substituents is 3. The SMILES string of the molecule is Cc1cc(C)c(N(c2cccc(Oc3ccc(O)c(C)c3C)c2)c2c(C)cc(C)cc2O)c(O)c1. The van der Waals surface area contributed by atoms with Crippen LogP contribution < -0.4 is 9.64 Å². The molecule has 35 heavy (non-hydrogen) atoms. The van der Waals surface area contributed by atoms with Crippen molar-refractivity contribution in [3.05, 3.63) is 94.0 Å². The number of aryl methyl sites for hydroxylation is 4. The van der Waals surface area contributed by atoms with Crippen molar-refractivity contribution < 1.29 is 20.1 Å². The van der Waals surface area contributed by atoms with E-state index >= 15 is 0 Å². The second kappa shape index (κ2) is 9.26. The average Bonchev–Trinajstić information content (AvgIpc) is 2.77. The van der Waals surface area contributed by atoms with Crippen molar-refractivity contribution >= 4 is 17.1 Å². The first-order valence-electron chi connectivity index (χ1n) is 11.5. The molecule has 5 heteroatoms. The molecule has 4 aromatic carbocycles. The van der Waals surface area contributed by atoms with Crippen molar-refractivity contribution in [3.8, 4) is 28.7 Å². The Morgan fingerprint density at radius 3 is 1.71 bits per heavy atom. The van der Waals surface area contributed by atoms with E-state index in [1.165, 1.54) is 0 Å². The minimum Gasteiger partial charge on any atom is -0.508 e. The van der Waals surface area contributed by atoms with Crippen LogP contribution in [-0.2, 0) is 0 Å². The fourth-order valence-corrected chi connectivity index (χ4v) is 4.53. The van der Waals surface area contributed by atoms with E-state index in [0.29, 0.717) is 22.9 Å². The number of phenols is 3. The number of rotatable bonds is 5. The molecule has 5 nitrogen and oxygen atoms in total. The molecule has 0 aliphatic heterocycles. The molecule has 0 amide bonds. The van der Waals surface area contributed by atoms with Gasteiger partial charge in [-0.25, -0.2) is 0 Å². The Bertz CT molecular complexity index is 1320. The lowest BCUT2D eigenvalue weighted by molar-refractivity contribution is 0.457. The maximum absolute atomic E-state index is 11.0. The van der Waals surface area contributed by atoms with Crippen molar-refractivity contribution in [1.29, 1.82) is 0 Å². The number of hydrogen-bond donors (Lipinski definition) is 3. The van der Waals surface area contributed by atoms with Crippen LogP contribution in [0, 0.1) is 41.5 Å². The highest BCUT2D eigenvalue weighted by Crippen LogP contribution is 2.48. The van der Waals surface area contributed by atoms with Crippen LogP contribution in [0.1, 0.15) is 33.4 Å². The molecule has 0 aliphatic carbocycles. The summed E-state index contributed by atoms with van der Waals surface area (Å²) in [4.78, 5) is 1.87.